The van der Waals surface area contributed by atoms with Gasteiger partial charge >= 0.3 is 5.97 Å². The summed E-state index contributed by atoms with van der Waals surface area (Å²) in [6.07, 6.45) is -0.114. The fourth-order valence-electron chi connectivity index (χ4n) is 1.75. The lowest BCUT2D eigenvalue weighted by Crippen LogP contribution is -2.28. The fraction of sp³-hybridized carbons (Fsp3) is 0.533. The molecule has 5 nitrogen and oxygen atoms in total. The van der Waals surface area contributed by atoms with E-state index in [0.29, 0.717) is 25.4 Å². The average molecular weight is 282 g/mol. The van der Waals surface area contributed by atoms with Gasteiger partial charge in [-0.3, -0.25) is 0 Å². The predicted octanol–water partition coefficient (Wildman–Crippen LogP) is 1.57. The lowest BCUT2D eigenvalue weighted by atomic mass is 10.1. The third-order valence-electron chi connectivity index (χ3n) is 2.62. The van der Waals surface area contributed by atoms with Crippen LogP contribution in [-0.2, 0) is 20.7 Å². The van der Waals surface area contributed by atoms with Crippen molar-refractivity contribution < 1.29 is 24.1 Å². The van der Waals surface area contributed by atoms with Gasteiger partial charge in [-0.2, -0.15) is 0 Å². The Bertz CT molecular complexity index is 388. The number of carbonyl (C=O) groups is 1. The number of benzene rings is 1. The normalized spacial score (nSPS) is 11.9. The van der Waals surface area contributed by atoms with E-state index < -0.39 is 6.10 Å². The Morgan fingerprint density at radius 3 is 2.45 bits per heavy atom. The Balaban J connectivity index is 2.61. The van der Waals surface area contributed by atoms with Gasteiger partial charge in [-0.25, -0.2) is 4.79 Å². The van der Waals surface area contributed by atoms with Crippen LogP contribution in [0.3, 0.4) is 0 Å². The molecule has 1 rings (SSSR count). The molecule has 0 saturated carbocycles. The number of hydrogen-bond donors (Lipinski definition) is 1. The van der Waals surface area contributed by atoms with E-state index in [0.717, 1.165) is 5.56 Å². The smallest absolute Gasteiger partial charge is 0.335 e. The quantitative estimate of drug-likeness (QED) is 0.696. The van der Waals surface area contributed by atoms with Crippen LogP contribution in [-0.4, -0.2) is 43.6 Å². The highest BCUT2D eigenvalue weighted by molar-refractivity contribution is 5.75. The van der Waals surface area contributed by atoms with Crippen molar-refractivity contribution in [3.8, 4) is 5.75 Å². The molecule has 0 heterocycles. The average Bonchev–Trinajstić information content (AvgIpc) is 2.46. The zero-order chi connectivity index (χ0) is 14.8. The Morgan fingerprint density at radius 2 is 1.90 bits per heavy atom. The van der Waals surface area contributed by atoms with E-state index in [2.05, 4.69) is 0 Å². The van der Waals surface area contributed by atoms with Crippen molar-refractivity contribution in [2.45, 2.75) is 26.4 Å². The minimum Gasteiger partial charge on any atom is -0.491 e. The van der Waals surface area contributed by atoms with Crippen molar-refractivity contribution in [2.75, 3.05) is 26.4 Å². The minimum absolute atomic E-state index is 0.0168. The standard InChI is InChI=1S/C15H22O5/c1-3-18-14(15(17)19-4-2)11-12-5-7-13(8-6-12)20-10-9-16/h5-8,14,16H,3-4,9-11H2,1-2H3/t14-/m0/s1. The Morgan fingerprint density at radius 1 is 1.20 bits per heavy atom. The van der Waals surface area contributed by atoms with Crippen LogP contribution in [0.2, 0.25) is 0 Å². The van der Waals surface area contributed by atoms with Gasteiger partial charge in [-0.15, -0.1) is 0 Å². The molecule has 5 heteroatoms. The fourth-order valence-corrected chi connectivity index (χ4v) is 1.75. The third kappa shape index (κ3) is 5.59. The van der Waals surface area contributed by atoms with Crippen LogP contribution in [0.4, 0.5) is 0 Å². The van der Waals surface area contributed by atoms with Gasteiger partial charge in [0.1, 0.15) is 12.4 Å². The Hall–Kier alpha value is -1.59. The lowest BCUT2D eigenvalue weighted by Gasteiger charge is -2.15. The molecule has 0 fully saturated rings. The van der Waals surface area contributed by atoms with Gasteiger partial charge in [0.2, 0.25) is 0 Å². The summed E-state index contributed by atoms with van der Waals surface area (Å²) >= 11 is 0. The zero-order valence-electron chi connectivity index (χ0n) is 12.0. The molecule has 0 aliphatic heterocycles. The first-order valence-electron chi connectivity index (χ1n) is 6.82. The molecule has 0 unspecified atom stereocenters. The summed E-state index contributed by atoms with van der Waals surface area (Å²) < 4.78 is 15.7. The largest absolute Gasteiger partial charge is 0.491 e. The van der Waals surface area contributed by atoms with Crippen LogP contribution < -0.4 is 4.74 Å². The zero-order valence-corrected chi connectivity index (χ0v) is 12.0. The van der Waals surface area contributed by atoms with E-state index in [1.54, 1.807) is 19.1 Å². The lowest BCUT2D eigenvalue weighted by molar-refractivity contribution is -0.156. The van der Waals surface area contributed by atoms with E-state index in [9.17, 15) is 4.79 Å². The summed E-state index contributed by atoms with van der Waals surface area (Å²) in [4.78, 5) is 11.7. The molecule has 0 aliphatic rings. The van der Waals surface area contributed by atoms with Crippen molar-refractivity contribution in [2.24, 2.45) is 0 Å². The van der Waals surface area contributed by atoms with Crippen LogP contribution in [0.1, 0.15) is 19.4 Å². The molecule has 0 aromatic heterocycles. The van der Waals surface area contributed by atoms with E-state index >= 15 is 0 Å². The van der Waals surface area contributed by atoms with Gasteiger partial charge in [0.15, 0.2) is 6.10 Å². The predicted molar refractivity (Wildman–Crippen MR) is 74.8 cm³/mol. The molecule has 1 atom stereocenters. The number of rotatable bonds is 9. The van der Waals surface area contributed by atoms with E-state index in [1.165, 1.54) is 0 Å². The summed E-state index contributed by atoms with van der Waals surface area (Å²) in [7, 11) is 0. The summed E-state index contributed by atoms with van der Waals surface area (Å²) in [5, 5.41) is 8.68. The van der Waals surface area contributed by atoms with Crippen LogP contribution in [0, 0.1) is 0 Å². The summed E-state index contributed by atoms with van der Waals surface area (Å²) in [5.41, 5.74) is 0.966. The highest BCUT2D eigenvalue weighted by Crippen LogP contribution is 2.15. The molecular weight excluding hydrogens is 260 g/mol. The van der Waals surface area contributed by atoms with Crippen LogP contribution in [0.25, 0.3) is 0 Å². The first kappa shape index (κ1) is 16.5. The Labute approximate surface area is 119 Å². The van der Waals surface area contributed by atoms with Crippen LogP contribution in [0.5, 0.6) is 5.75 Å². The number of aliphatic hydroxyl groups is 1. The molecule has 0 bridgehead atoms. The molecule has 1 aromatic carbocycles. The molecule has 0 amide bonds. The number of carbonyl (C=O) groups excluding carboxylic acids is 1. The highest BCUT2D eigenvalue weighted by Gasteiger charge is 2.20. The summed E-state index contributed by atoms with van der Waals surface area (Å²) in [5.74, 6) is 0.349. The van der Waals surface area contributed by atoms with Crippen molar-refractivity contribution >= 4 is 5.97 Å². The van der Waals surface area contributed by atoms with Gasteiger partial charge in [0.25, 0.3) is 0 Å². The molecule has 0 saturated heterocycles. The SMILES string of the molecule is CCOC(=O)[C@H](Cc1ccc(OCCO)cc1)OCC. The first-order chi connectivity index (χ1) is 9.71. The summed E-state index contributed by atoms with van der Waals surface area (Å²) in [6.45, 7) is 4.67. The Kier molecular flexibility index (Phi) is 7.69. The number of hydrogen-bond acceptors (Lipinski definition) is 5. The van der Waals surface area contributed by atoms with E-state index in [1.807, 2.05) is 19.1 Å². The second kappa shape index (κ2) is 9.34. The third-order valence-corrected chi connectivity index (χ3v) is 2.62. The van der Waals surface area contributed by atoms with Crippen LogP contribution in [0.15, 0.2) is 24.3 Å². The molecule has 112 valence electrons. The number of esters is 1. The van der Waals surface area contributed by atoms with Gasteiger partial charge in [-0.05, 0) is 31.5 Å². The molecular formula is C15H22O5. The molecule has 0 spiro atoms. The van der Waals surface area contributed by atoms with Gasteiger partial charge in [0, 0.05) is 13.0 Å². The van der Waals surface area contributed by atoms with Crippen molar-refractivity contribution in [1.82, 2.24) is 0 Å². The minimum atomic E-state index is -0.579. The monoisotopic (exact) mass is 282 g/mol. The topological polar surface area (TPSA) is 65.0 Å². The molecule has 20 heavy (non-hydrogen) atoms. The van der Waals surface area contributed by atoms with Gasteiger partial charge in [-0.1, -0.05) is 12.1 Å². The highest BCUT2D eigenvalue weighted by atomic mass is 16.6. The number of ether oxygens (including phenoxy) is 3. The first-order valence-corrected chi connectivity index (χ1v) is 6.82. The van der Waals surface area contributed by atoms with Crippen LogP contribution >= 0.6 is 0 Å². The van der Waals surface area contributed by atoms with Crippen molar-refractivity contribution in [3.63, 3.8) is 0 Å². The van der Waals surface area contributed by atoms with Crippen molar-refractivity contribution in [1.29, 1.82) is 0 Å². The molecule has 0 radical (unpaired) electrons. The van der Waals surface area contributed by atoms with Gasteiger partial charge < -0.3 is 19.3 Å². The summed E-state index contributed by atoms with van der Waals surface area (Å²) in [6, 6.07) is 7.36. The van der Waals surface area contributed by atoms with E-state index in [-0.39, 0.29) is 19.2 Å². The molecule has 0 aliphatic carbocycles. The maximum absolute atomic E-state index is 11.7. The second-order valence-corrected chi connectivity index (χ2v) is 4.12. The van der Waals surface area contributed by atoms with Gasteiger partial charge in [0.05, 0.1) is 13.2 Å². The maximum atomic E-state index is 11.7. The molecule has 1 N–H and O–H groups in total. The number of aliphatic hydroxyl groups excluding tert-OH is 1. The van der Waals surface area contributed by atoms with E-state index in [4.69, 9.17) is 19.3 Å². The maximum Gasteiger partial charge on any atom is 0.335 e. The second-order valence-electron chi connectivity index (χ2n) is 4.12. The molecule has 1 aromatic rings. The van der Waals surface area contributed by atoms with Crippen molar-refractivity contribution in [3.05, 3.63) is 29.8 Å².